The van der Waals surface area contributed by atoms with Crippen molar-refractivity contribution in [1.82, 2.24) is 5.32 Å². The fraction of sp³-hybridized carbons (Fsp3) is 0.870. The molecule has 74 heavy (non-hydrogen) atoms. The molecular weight excluding hydrogens is 907 g/mol. The fourth-order valence-electron chi connectivity index (χ4n) is 10.5. The summed E-state index contributed by atoms with van der Waals surface area (Å²) in [5.41, 5.74) is 0. The summed E-state index contributed by atoms with van der Waals surface area (Å²) in [7, 11) is 0. The summed E-state index contributed by atoms with van der Waals surface area (Å²) in [5.74, 6) is -0.508. The molecule has 0 saturated heterocycles. The Kier molecular flexibility index (Phi) is 62.4. The van der Waals surface area contributed by atoms with Gasteiger partial charge in [-0.3, -0.25) is 4.79 Å². The van der Waals surface area contributed by atoms with Crippen molar-refractivity contribution in [2.45, 2.75) is 379 Å². The Morgan fingerprint density at radius 3 is 0.905 bits per heavy atom. The second kappa shape index (κ2) is 63.8. The summed E-state index contributed by atoms with van der Waals surface area (Å²) < 4.78 is 0. The van der Waals surface area contributed by atoms with Gasteiger partial charge in [0.2, 0.25) is 5.91 Å². The highest BCUT2D eigenvalue weighted by molar-refractivity contribution is 5.80. The average molecular weight is 1040 g/mol. The van der Waals surface area contributed by atoms with Crippen molar-refractivity contribution in [1.29, 1.82) is 0 Å². The van der Waals surface area contributed by atoms with Crippen LogP contribution >= 0.6 is 0 Å². The maximum Gasteiger partial charge on any atom is 0.249 e. The standard InChI is InChI=1S/C69H131NO4/c1-3-5-7-9-11-13-15-17-19-21-23-25-27-29-30-31-32-33-34-35-36-37-38-39-40-42-44-46-48-50-52-54-56-58-60-62-64-68(73)69(74)70-66(65-71)67(72)63-61-59-57-55-53-51-49-47-45-43-41-28-26-24-22-20-18-16-14-12-10-8-6-4-2/h30-31,33-34,53,55,61,63,66-68,71-73H,3-29,32,35-52,54,56-60,62,64-65H2,1-2H3,(H,70,74)/b31-30-,34-33-,55-53+,63-61+. The van der Waals surface area contributed by atoms with E-state index in [0.717, 1.165) is 44.9 Å². The molecule has 4 N–H and O–H groups in total. The van der Waals surface area contributed by atoms with E-state index < -0.39 is 24.2 Å². The molecule has 0 aliphatic rings. The molecule has 0 aliphatic heterocycles. The molecule has 1 amide bonds. The number of hydrogen-bond acceptors (Lipinski definition) is 4. The number of aliphatic hydroxyl groups excluding tert-OH is 3. The van der Waals surface area contributed by atoms with Gasteiger partial charge < -0.3 is 20.6 Å². The van der Waals surface area contributed by atoms with Crippen molar-refractivity contribution in [3.05, 3.63) is 48.6 Å². The Morgan fingerprint density at radius 1 is 0.338 bits per heavy atom. The molecule has 3 atom stereocenters. The number of nitrogens with one attached hydrogen (secondary N) is 1. The molecule has 0 spiro atoms. The molecule has 0 heterocycles. The van der Waals surface area contributed by atoms with E-state index in [1.165, 1.54) is 295 Å². The number of carbonyl (C=O) groups is 1. The predicted molar refractivity (Wildman–Crippen MR) is 328 cm³/mol. The van der Waals surface area contributed by atoms with E-state index >= 15 is 0 Å². The van der Waals surface area contributed by atoms with Crippen LogP contribution in [-0.2, 0) is 4.79 Å². The van der Waals surface area contributed by atoms with Crippen LogP contribution < -0.4 is 5.32 Å². The molecule has 0 rings (SSSR count). The zero-order valence-electron chi connectivity index (χ0n) is 50.0. The van der Waals surface area contributed by atoms with Crippen LogP contribution in [0.4, 0.5) is 0 Å². The minimum atomic E-state index is -1.11. The Hall–Kier alpha value is -1.69. The van der Waals surface area contributed by atoms with E-state index in [0.29, 0.717) is 6.42 Å². The summed E-state index contributed by atoms with van der Waals surface area (Å²) in [6.45, 7) is 4.22. The van der Waals surface area contributed by atoms with E-state index in [9.17, 15) is 20.1 Å². The van der Waals surface area contributed by atoms with Crippen LogP contribution in [0.1, 0.15) is 361 Å². The van der Waals surface area contributed by atoms with Crippen molar-refractivity contribution in [3.63, 3.8) is 0 Å². The third-order valence-electron chi connectivity index (χ3n) is 15.6. The molecule has 0 aromatic heterocycles. The van der Waals surface area contributed by atoms with Crippen LogP contribution in [0, 0.1) is 0 Å². The number of carbonyl (C=O) groups excluding carboxylic acids is 1. The molecule has 0 aromatic carbocycles. The lowest BCUT2D eigenvalue weighted by molar-refractivity contribution is -0.131. The van der Waals surface area contributed by atoms with E-state index in [-0.39, 0.29) is 6.61 Å². The fourth-order valence-corrected chi connectivity index (χ4v) is 10.5. The van der Waals surface area contributed by atoms with Gasteiger partial charge in [0.1, 0.15) is 6.10 Å². The Labute approximate surface area is 463 Å². The van der Waals surface area contributed by atoms with Gasteiger partial charge in [0.15, 0.2) is 0 Å². The second-order valence-electron chi connectivity index (χ2n) is 23.0. The average Bonchev–Trinajstić information content (AvgIpc) is 3.41. The molecule has 0 aromatic rings. The topological polar surface area (TPSA) is 89.8 Å². The first-order chi connectivity index (χ1) is 36.6. The van der Waals surface area contributed by atoms with Crippen molar-refractivity contribution in [2.75, 3.05) is 6.61 Å². The van der Waals surface area contributed by atoms with E-state index in [2.05, 4.69) is 55.6 Å². The quantitative estimate of drug-likeness (QED) is 0.0361. The Morgan fingerprint density at radius 2 is 0.595 bits per heavy atom. The summed E-state index contributed by atoms with van der Waals surface area (Å²) in [6.07, 6.45) is 86.7. The van der Waals surface area contributed by atoms with Gasteiger partial charge in [-0.25, -0.2) is 0 Å². The van der Waals surface area contributed by atoms with Gasteiger partial charge in [-0.1, -0.05) is 345 Å². The van der Waals surface area contributed by atoms with Gasteiger partial charge in [-0.15, -0.1) is 0 Å². The van der Waals surface area contributed by atoms with E-state index in [4.69, 9.17) is 0 Å². The highest BCUT2D eigenvalue weighted by Crippen LogP contribution is 2.18. The van der Waals surface area contributed by atoms with Crippen LogP contribution in [0.15, 0.2) is 48.6 Å². The molecule has 0 fully saturated rings. The SMILES string of the molecule is CCCCCCCCCCCCCCC/C=C\C/C=C\CCCCCCCCCCCCCCCCCCC(O)C(=O)NC(CO)C(O)/C=C/CC/C=C/CCCCCCCCCCCCCCCCCCCC. The minimum Gasteiger partial charge on any atom is -0.394 e. The smallest absolute Gasteiger partial charge is 0.249 e. The lowest BCUT2D eigenvalue weighted by atomic mass is 10.0. The minimum absolute atomic E-state index is 0.375. The molecule has 3 unspecified atom stereocenters. The second-order valence-corrected chi connectivity index (χ2v) is 23.0. The van der Waals surface area contributed by atoms with Crippen LogP contribution in [0.5, 0.6) is 0 Å². The van der Waals surface area contributed by atoms with E-state index in [1.54, 1.807) is 6.08 Å². The summed E-state index contributed by atoms with van der Waals surface area (Å²) >= 11 is 0. The monoisotopic (exact) mass is 1040 g/mol. The number of hydrogen-bond donors (Lipinski definition) is 4. The van der Waals surface area contributed by atoms with Gasteiger partial charge in [-0.2, -0.15) is 0 Å². The molecule has 5 nitrogen and oxygen atoms in total. The zero-order valence-corrected chi connectivity index (χ0v) is 50.0. The molecule has 0 radical (unpaired) electrons. The van der Waals surface area contributed by atoms with E-state index in [1.807, 2.05) is 6.08 Å². The lowest BCUT2D eigenvalue weighted by Gasteiger charge is -2.21. The van der Waals surface area contributed by atoms with Crippen molar-refractivity contribution in [3.8, 4) is 0 Å². The number of rotatable bonds is 62. The Balaban J connectivity index is 3.54. The maximum absolute atomic E-state index is 12.6. The molecule has 5 heteroatoms. The van der Waals surface area contributed by atoms with Gasteiger partial charge >= 0.3 is 0 Å². The molecular formula is C69H131NO4. The van der Waals surface area contributed by atoms with Crippen molar-refractivity contribution < 1.29 is 20.1 Å². The normalized spacial score (nSPS) is 13.4. The number of aliphatic hydroxyl groups is 3. The summed E-state index contributed by atoms with van der Waals surface area (Å²) in [4.78, 5) is 12.6. The highest BCUT2D eigenvalue weighted by Gasteiger charge is 2.22. The third-order valence-corrected chi connectivity index (χ3v) is 15.6. The predicted octanol–water partition coefficient (Wildman–Crippen LogP) is 21.5. The first-order valence-electron chi connectivity index (χ1n) is 33.5. The van der Waals surface area contributed by atoms with Crippen LogP contribution in [0.2, 0.25) is 0 Å². The number of amides is 1. The third kappa shape index (κ3) is 58.0. The first kappa shape index (κ1) is 72.3. The van der Waals surface area contributed by atoms with Crippen LogP contribution in [-0.4, -0.2) is 46.1 Å². The first-order valence-corrected chi connectivity index (χ1v) is 33.5. The van der Waals surface area contributed by atoms with Gasteiger partial charge in [-0.05, 0) is 64.2 Å². The summed E-state index contributed by atoms with van der Waals surface area (Å²) in [5, 5.41) is 33.5. The van der Waals surface area contributed by atoms with Gasteiger partial charge in [0.05, 0.1) is 18.8 Å². The van der Waals surface area contributed by atoms with Crippen molar-refractivity contribution in [2.24, 2.45) is 0 Å². The molecule has 0 aliphatic carbocycles. The number of allylic oxidation sites excluding steroid dienone is 7. The largest absolute Gasteiger partial charge is 0.394 e. The van der Waals surface area contributed by atoms with Gasteiger partial charge in [0.25, 0.3) is 0 Å². The van der Waals surface area contributed by atoms with Gasteiger partial charge in [0, 0.05) is 0 Å². The van der Waals surface area contributed by atoms with Crippen LogP contribution in [0.25, 0.3) is 0 Å². The highest BCUT2D eigenvalue weighted by atomic mass is 16.3. The van der Waals surface area contributed by atoms with Crippen LogP contribution in [0.3, 0.4) is 0 Å². The molecule has 436 valence electrons. The zero-order chi connectivity index (χ0) is 53.6. The maximum atomic E-state index is 12.6. The Bertz CT molecular complexity index is 1190. The van der Waals surface area contributed by atoms with Crippen molar-refractivity contribution >= 4 is 5.91 Å². The summed E-state index contributed by atoms with van der Waals surface area (Å²) in [6, 6.07) is -0.817. The molecule has 0 bridgehead atoms. The lowest BCUT2D eigenvalue weighted by Crippen LogP contribution is -2.48. The number of unbranched alkanes of at least 4 members (excludes halogenated alkanes) is 48. The molecule has 0 saturated carbocycles.